The van der Waals surface area contributed by atoms with E-state index in [0.29, 0.717) is 18.7 Å². The number of nitrogens with zero attached hydrogens (tertiary/aromatic N) is 2. The Morgan fingerprint density at radius 3 is 2.62 bits per heavy atom. The third-order valence-corrected chi connectivity index (χ3v) is 6.15. The summed E-state index contributed by atoms with van der Waals surface area (Å²) in [4.78, 5) is 21.8. The van der Waals surface area contributed by atoms with Gasteiger partial charge in [-0.25, -0.2) is 14.8 Å². The number of amides is 1. The maximum absolute atomic E-state index is 13.9. The molecule has 0 aliphatic carbocycles. The Labute approximate surface area is 207 Å². The maximum atomic E-state index is 13.9. The zero-order valence-electron chi connectivity index (χ0n) is 19.6. The Kier molecular flexibility index (Phi) is 7.48. The highest BCUT2D eigenvalue weighted by Gasteiger charge is 2.39. The highest BCUT2D eigenvalue weighted by atomic mass is 19.4. The van der Waals surface area contributed by atoms with E-state index in [1.54, 1.807) is 0 Å². The van der Waals surface area contributed by atoms with E-state index in [1.807, 2.05) is 5.32 Å². The highest BCUT2D eigenvalue weighted by molar-refractivity contribution is 6.01. The molecule has 0 bridgehead atoms. The fourth-order valence-corrected chi connectivity index (χ4v) is 4.39. The van der Waals surface area contributed by atoms with Crippen LogP contribution in [0.4, 0.5) is 42.8 Å². The van der Waals surface area contributed by atoms with Crippen molar-refractivity contribution in [3.8, 4) is 11.3 Å². The second kappa shape index (κ2) is 10.4. The van der Waals surface area contributed by atoms with Gasteiger partial charge < -0.3 is 20.4 Å². The molecule has 8 nitrogen and oxygen atoms in total. The van der Waals surface area contributed by atoms with Crippen LogP contribution in [0.2, 0.25) is 0 Å². The standard InChI is InChI=1S/C23H24F6N6O2/c1-37-21(36)34-16-5-4-13-14(10-32-19(13)17(16)23(27,28)29)18-15(22(24,25)26)11-33-20(35-18)31-8-6-12-3-2-7-30-9-12/h4-5,10-12,30,32H,2-3,6-9H2,1H3,(H,34,36)(H,31,33,35)/t12-/m1/s1. The van der Waals surface area contributed by atoms with Gasteiger partial charge in [-0.1, -0.05) is 6.07 Å². The van der Waals surface area contributed by atoms with E-state index in [-0.39, 0.29) is 16.9 Å². The zero-order valence-corrected chi connectivity index (χ0v) is 19.6. The van der Waals surface area contributed by atoms with Crippen molar-refractivity contribution in [3.05, 3.63) is 35.7 Å². The van der Waals surface area contributed by atoms with E-state index in [2.05, 4.69) is 30.3 Å². The number of hydrogen-bond donors (Lipinski definition) is 4. The molecular formula is C23H24F6N6O2. The Bertz CT molecular complexity index is 1270. The summed E-state index contributed by atoms with van der Waals surface area (Å²) in [5.41, 5.74) is -4.35. The highest BCUT2D eigenvalue weighted by Crippen LogP contribution is 2.44. The van der Waals surface area contributed by atoms with Gasteiger partial charge in [0.1, 0.15) is 11.1 Å². The van der Waals surface area contributed by atoms with Crippen LogP contribution in [0.3, 0.4) is 0 Å². The van der Waals surface area contributed by atoms with Crippen LogP contribution < -0.4 is 16.0 Å². The van der Waals surface area contributed by atoms with Crippen molar-refractivity contribution >= 4 is 28.6 Å². The molecule has 37 heavy (non-hydrogen) atoms. The van der Waals surface area contributed by atoms with Crippen molar-refractivity contribution in [1.29, 1.82) is 0 Å². The minimum absolute atomic E-state index is 0.0684. The van der Waals surface area contributed by atoms with Crippen molar-refractivity contribution in [3.63, 3.8) is 0 Å². The van der Waals surface area contributed by atoms with Gasteiger partial charge in [-0.2, -0.15) is 26.3 Å². The first kappa shape index (κ1) is 26.5. The second-order valence-electron chi connectivity index (χ2n) is 8.61. The first-order valence-electron chi connectivity index (χ1n) is 11.4. The lowest BCUT2D eigenvalue weighted by Crippen LogP contribution is -2.30. The molecule has 3 aromatic rings. The molecule has 2 aromatic heterocycles. The first-order chi connectivity index (χ1) is 17.5. The first-order valence-corrected chi connectivity index (χ1v) is 11.4. The number of hydrogen-bond acceptors (Lipinski definition) is 6. The molecule has 14 heteroatoms. The van der Waals surface area contributed by atoms with Gasteiger partial charge in [0.05, 0.1) is 24.0 Å². The molecule has 0 unspecified atom stereocenters. The van der Waals surface area contributed by atoms with E-state index in [0.717, 1.165) is 51.7 Å². The number of piperidine rings is 1. The number of fused-ring (bicyclic) bond motifs is 1. The minimum atomic E-state index is -4.95. The average molecular weight is 530 g/mol. The number of methoxy groups -OCH3 is 1. The third-order valence-electron chi connectivity index (χ3n) is 6.15. The van der Waals surface area contributed by atoms with Gasteiger partial charge in [-0.15, -0.1) is 0 Å². The molecule has 1 atom stereocenters. The number of aromatic amines is 1. The lowest BCUT2D eigenvalue weighted by Gasteiger charge is -2.22. The maximum Gasteiger partial charge on any atom is 0.420 e. The van der Waals surface area contributed by atoms with E-state index in [9.17, 15) is 31.1 Å². The number of aromatic nitrogens is 3. The van der Waals surface area contributed by atoms with E-state index in [1.165, 1.54) is 6.07 Å². The van der Waals surface area contributed by atoms with Gasteiger partial charge in [-0.05, 0) is 44.3 Å². The molecule has 1 amide bonds. The quantitative estimate of drug-likeness (QED) is 0.308. The molecule has 0 spiro atoms. The fraction of sp³-hybridized carbons (Fsp3) is 0.435. The van der Waals surface area contributed by atoms with Gasteiger partial charge in [0.25, 0.3) is 0 Å². The third kappa shape index (κ3) is 5.89. The molecule has 1 aliphatic rings. The molecule has 1 aromatic carbocycles. The number of anilines is 2. The van der Waals surface area contributed by atoms with Gasteiger partial charge >= 0.3 is 18.4 Å². The normalized spacial score (nSPS) is 16.6. The second-order valence-corrected chi connectivity index (χ2v) is 8.61. The van der Waals surface area contributed by atoms with Crippen LogP contribution in [-0.2, 0) is 17.1 Å². The molecule has 1 fully saturated rings. The van der Waals surface area contributed by atoms with Crippen molar-refractivity contribution in [1.82, 2.24) is 20.3 Å². The van der Waals surface area contributed by atoms with Crippen LogP contribution in [0, 0.1) is 5.92 Å². The summed E-state index contributed by atoms with van der Waals surface area (Å²) in [7, 11) is 0.985. The molecule has 4 rings (SSSR count). The Morgan fingerprint density at radius 2 is 1.97 bits per heavy atom. The van der Waals surface area contributed by atoms with Crippen molar-refractivity contribution in [2.75, 3.05) is 37.4 Å². The number of carbonyl (C=O) groups is 1. The van der Waals surface area contributed by atoms with Gasteiger partial charge in [0.2, 0.25) is 5.95 Å². The number of H-pyrrole nitrogens is 1. The van der Waals surface area contributed by atoms with Gasteiger partial charge in [0.15, 0.2) is 0 Å². The summed E-state index contributed by atoms with van der Waals surface area (Å²) in [6, 6.07) is 2.12. The molecule has 3 heterocycles. The number of halogens is 6. The van der Waals surface area contributed by atoms with Crippen LogP contribution >= 0.6 is 0 Å². The van der Waals surface area contributed by atoms with Gasteiger partial charge in [-0.3, -0.25) is 5.32 Å². The van der Waals surface area contributed by atoms with Crippen LogP contribution in [0.25, 0.3) is 22.2 Å². The average Bonchev–Trinajstić information content (AvgIpc) is 3.26. The number of rotatable bonds is 6. The summed E-state index contributed by atoms with van der Waals surface area (Å²) in [5.74, 6) is 0.346. The Morgan fingerprint density at radius 1 is 1.19 bits per heavy atom. The molecule has 200 valence electrons. The van der Waals surface area contributed by atoms with Crippen LogP contribution in [0.5, 0.6) is 0 Å². The Hall–Kier alpha value is -3.55. The van der Waals surface area contributed by atoms with Crippen LogP contribution in [0.15, 0.2) is 24.5 Å². The van der Waals surface area contributed by atoms with Gasteiger partial charge in [0, 0.05) is 29.9 Å². The molecule has 4 N–H and O–H groups in total. The number of ether oxygens (including phenoxy) is 1. The molecule has 1 saturated heterocycles. The van der Waals surface area contributed by atoms with E-state index in [4.69, 9.17) is 0 Å². The predicted octanol–water partition coefficient (Wildman–Crippen LogP) is 5.64. The lowest BCUT2D eigenvalue weighted by molar-refractivity contribution is -0.137. The summed E-state index contributed by atoms with van der Waals surface area (Å²) < 4.78 is 87.6. The minimum Gasteiger partial charge on any atom is -0.453 e. The molecule has 0 radical (unpaired) electrons. The number of benzene rings is 1. The zero-order chi connectivity index (χ0) is 26.8. The lowest BCUT2D eigenvalue weighted by atomic mass is 9.96. The summed E-state index contributed by atoms with van der Waals surface area (Å²) in [6.45, 7) is 2.23. The summed E-state index contributed by atoms with van der Waals surface area (Å²) >= 11 is 0. The van der Waals surface area contributed by atoms with Crippen molar-refractivity contribution in [2.24, 2.45) is 5.92 Å². The molecule has 1 aliphatic heterocycles. The topological polar surface area (TPSA) is 104 Å². The Balaban J connectivity index is 1.74. The largest absolute Gasteiger partial charge is 0.453 e. The predicted molar refractivity (Wildman–Crippen MR) is 124 cm³/mol. The summed E-state index contributed by atoms with van der Waals surface area (Å²) in [6.07, 6.45) is -6.46. The number of carbonyl (C=O) groups excluding carboxylic acids is 1. The smallest absolute Gasteiger partial charge is 0.420 e. The van der Waals surface area contributed by atoms with E-state index >= 15 is 0 Å². The van der Waals surface area contributed by atoms with Crippen molar-refractivity contribution < 1.29 is 35.9 Å². The molecular weight excluding hydrogens is 506 g/mol. The summed E-state index contributed by atoms with van der Waals surface area (Å²) in [5, 5.41) is 8.03. The van der Waals surface area contributed by atoms with Crippen LogP contribution in [-0.4, -0.2) is 47.8 Å². The fourth-order valence-electron chi connectivity index (χ4n) is 4.39. The number of alkyl halides is 6. The monoisotopic (exact) mass is 530 g/mol. The molecule has 0 saturated carbocycles. The number of nitrogens with one attached hydrogen (secondary N) is 4. The van der Waals surface area contributed by atoms with Crippen LogP contribution in [0.1, 0.15) is 30.4 Å². The van der Waals surface area contributed by atoms with Crippen molar-refractivity contribution in [2.45, 2.75) is 31.6 Å². The van der Waals surface area contributed by atoms with E-state index < -0.39 is 46.5 Å². The SMILES string of the molecule is COC(=O)Nc1ccc2c(-c3nc(NCC[C@H]4CCCNC4)ncc3C(F)(F)F)c[nH]c2c1C(F)(F)F.